The van der Waals surface area contributed by atoms with Crippen LogP contribution in [-0.2, 0) is 20.8 Å². The Balaban J connectivity index is 1.12. The number of carbonyl (C=O) groups excluding carboxylic acids is 2. The van der Waals surface area contributed by atoms with Crippen LogP contribution >= 0.6 is 24.0 Å². The van der Waals surface area contributed by atoms with Crippen LogP contribution in [0, 0.1) is 11.8 Å². The number of H-pyrrole nitrogens is 1. The zero-order chi connectivity index (χ0) is 30.1. The third-order valence-electron chi connectivity index (χ3n) is 8.18. The maximum atomic E-state index is 13.3. The van der Waals surface area contributed by atoms with Crippen LogP contribution in [0.1, 0.15) is 37.1 Å². The van der Waals surface area contributed by atoms with E-state index in [0.29, 0.717) is 49.6 Å². The summed E-state index contributed by atoms with van der Waals surface area (Å²) in [6.45, 7) is -0.430. The standard InChI is InChI=1S/C30H30N4O7S2/c1-39-24-6-4-18(10-25(24)40-14-27(35)33-21(29(37)38)11-19-13-31-15-32-19)23-7-5-20(41-23)12-26-28(36)34(30(42)43-26)22-9-16-2-3-17(22)8-16/h4-7,10,12-13,15-17,21-22H,2-3,8-9,11,14H2,1H3,(H,31,32)(H,33,35)(H,37,38)/b26-12-/t16?,17?,21-,22?/m0/s1. The molecule has 1 aliphatic heterocycles. The number of carbonyl (C=O) groups is 3. The number of fused-ring (bicyclic) bond motifs is 2. The van der Waals surface area contributed by atoms with Crippen molar-refractivity contribution < 1.29 is 33.4 Å². The van der Waals surface area contributed by atoms with Crippen LogP contribution in [0.15, 0.2) is 52.2 Å². The smallest absolute Gasteiger partial charge is 0.326 e. The molecule has 4 atom stereocenters. The predicted octanol–water partition coefficient (Wildman–Crippen LogP) is 4.26. The van der Waals surface area contributed by atoms with Gasteiger partial charge in [-0.05, 0) is 61.4 Å². The molecule has 2 bridgehead atoms. The first-order valence-corrected chi connectivity index (χ1v) is 15.2. The Morgan fingerprint density at radius 3 is 2.84 bits per heavy atom. The second-order valence-electron chi connectivity index (χ2n) is 10.9. The second kappa shape index (κ2) is 12.3. The van der Waals surface area contributed by atoms with E-state index in [0.717, 1.165) is 6.42 Å². The Hall–Kier alpha value is -4.10. The van der Waals surface area contributed by atoms with E-state index >= 15 is 0 Å². The van der Waals surface area contributed by atoms with Crippen LogP contribution in [0.25, 0.3) is 17.4 Å². The predicted molar refractivity (Wildman–Crippen MR) is 162 cm³/mol. The number of imidazole rings is 1. The fraction of sp³-hybridized carbons (Fsp3) is 0.367. The molecule has 2 aromatic heterocycles. The van der Waals surface area contributed by atoms with Crippen molar-refractivity contribution in [3.05, 3.63) is 59.2 Å². The number of ether oxygens (including phenoxy) is 2. The lowest BCUT2D eigenvalue weighted by molar-refractivity contribution is -0.142. The van der Waals surface area contributed by atoms with Crippen molar-refractivity contribution in [2.75, 3.05) is 13.7 Å². The van der Waals surface area contributed by atoms with Crippen LogP contribution in [-0.4, -0.2) is 67.9 Å². The Morgan fingerprint density at radius 2 is 2.14 bits per heavy atom. The van der Waals surface area contributed by atoms with Gasteiger partial charge < -0.3 is 29.3 Å². The summed E-state index contributed by atoms with van der Waals surface area (Å²) in [6.07, 6.45) is 9.35. The number of aromatic nitrogens is 2. The molecule has 3 aliphatic rings. The first kappa shape index (κ1) is 29.0. The number of nitrogens with zero attached hydrogens (tertiary/aromatic N) is 2. The Kier molecular flexibility index (Phi) is 8.26. The molecular weight excluding hydrogens is 592 g/mol. The number of carboxylic acid groups (broad SMARTS) is 1. The minimum Gasteiger partial charge on any atom is -0.493 e. The number of thiocarbonyl (C=S) groups is 1. The lowest BCUT2D eigenvalue weighted by Crippen LogP contribution is -2.44. The molecular formula is C30H30N4O7S2. The average molecular weight is 623 g/mol. The van der Waals surface area contributed by atoms with E-state index in [1.54, 1.807) is 36.4 Å². The van der Waals surface area contributed by atoms with Crippen LogP contribution < -0.4 is 14.8 Å². The van der Waals surface area contributed by atoms with Crippen molar-refractivity contribution in [2.45, 2.75) is 44.2 Å². The van der Waals surface area contributed by atoms with Gasteiger partial charge in [0, 0.05) is 36.0 Å². The van der Waals surface area contributed by atoms with Gasteiger partial charge in [0.05, 0.1) is 18.3 Å². The molecule has 2 aliphatic carbocycles. The fourth-order valence-corrected chi connectivity index (χ4v) is 7.50. The van der Waals surface area contributed by atoms with Crippen molar-refractivity contribution in [1.29, 1.82) is 0 Å². The van der Waals surface area contributed by atoms with Gasteiger partial charge in [-0.3, -0.25) is 14.5 Å². The zero-order valence-electron chi connectivity index (χ0n) is 23.3. The maximum absolute atomic E-state index is 13.3. The molecule has 3 unspecified atom stereocenters. The summed E-state index contributed by atoms with van der Waals surface area (Å²) >= 11 is 6.91. The summed E-state index contributed by atoms with van der Waals surface area (Å²) in [5.74, 6) is 1.11. The van der Waals surface area contributed by atoms with E-state index in [9.17, 15) is 19.5 Å². The number of benzene rings is 1. The van der Waals surface area contributed by atoms with Gasteiger partial charge >= 0.3 is 5.97 Å². The van der Waals surface area contributed by atoms with Crippen molar-refractivity contribution in [3.63, 3.8) is 0 Å². The summed E-state index contributed by atoms with van der Waals surface area (Å²) < 4.78 is 17.8. The summed E-state index contributed by atoms with van der Waals surface area (Å²) in [5.41, 5.74) is 1.24. The van der Waals surface area contributed by atoms with E-state index in [2.05, 4.69) is 15.3 Å². The quantitative estimate of drug-likeness (QED) is 0.209. The molecule has 3 fully saturated rings. The van der Waals surface area contributed by atoms with Crippen molar-refractivity contribution >= 4 is 52.2 Å². The zero-order valence-corrected chi connectivity index (χ0v) is 24.9. The molecule has 3 N–H and O–H groups in total. The third kappa shape index (κ3) is 6.18. The first-order chi connectivity index (χ1) is 20.8. The van der Waals surface area contributed by atoms with E-state index in [1.165, 1.54) is 50.7 Å². The van der Waals surface area contributed by atoms with Crippen LogP contribution in [0.4, 0.5) is 0 Å². The number of methoxy groups -OCH3 is 1. The summed E-state index contributed by atoms with van der Waals surface area (Å²) in [5, 5.41) is 12.0. The Bertz CT molecular complexity index is 1580. The summed E-state index contributed by atoms with van der Waals surface area (Å²) in [7, 11) is 1.48. The van der Waals surface area contributed by atoms with E-state index in [1.807, 2.05) is 4.90 Å². The van der Waals surface area contributed by atoms with Crippen molar-refractivity contribution in [2.24, 2.45) is 11.8 Å². The average Bonchev–Trinajstić information content (AvgIpc) is 3.83. The molecule has 2 saturated carbocycles. The van der Waals surface area contributed by atoms with Gasteiger partial charge in [-0.25, -0.2) is 9.78 Å². The van der Waals surface area contributed by atoms with Gasteiger partial charge in [0.15, 0.2) is 18.1 Å². The van der Waals surface area contributed by atoms with Gasteiger partial charge in [0.25, 0.3) is 11.8 Å². The topological polar surface area (TPSA) is 147 Å². The van der Waals surface area contributed by atoms with Gasteiger partial charge in [-0.15, -0.1) is 0 Å². The summed E-state index contributed by atoms with van der Waals surface area (Å²) in [6, 6.07) is 7.76. The highest BCUT2D eigenvalue weighted by molar-refractivity contribution is 8.26. The molecule has 0 radical (unpaired) electrons. The number of amides is 2. The highest BCUT2D eigenvalue weighted by Crippen LogP contribution is 2.49. The number of thioether (sulfide) groups is 1. The third-order valence-corrected chi connectivity index (χ3v) is 9.51. The second-order valence-corrected chi connectivity index (χ2v) is 12.6. The SMILES string of the molecule is COc1ccc(-c2ccc(/C=C3\SC(=S)N(C4CC5CCC4C5)C3=O)o2)cc1OCC(=O)N[C@@H](Cc1cnc[nH]1)C(=O)O. The molecule has 1 saturated heterocycles. The molecule has 224 valence electrons. The molecule has 0 spiro atoms. The van der Waals surface area contributed by atoms with Gasteiger partial charge in [0.1, 0.15) is 21.9 Å². The molecule has 6 rings (SSSR count). The largest absolute Gasteiger partial charge is 0.493 e. The van der Waals surface area contributed by atoms with Crippen LogP contribution in [0.3, 0.4) is 0 Å². The van der Waals surface area contributed by atoms with Gasteiger partial charge in [0.2, 0.25) is 0 Å². The number of hydrogen-bond donors (Lipinski definition) is 3. The van der Waals surface area contributed by atoms with Crippen LogP contribution in [0.5, 0.6) is 11.5 Å². The molecule has 1 aromatic carbocycles. The number of carboxylic acids is 1. The minimum atomic E-state index is -1.18. The number of hydrogen-bond acceptors (Lipinski definition) is 9. The van der Waals surface area contributed by atoms with E-state index < -0.39 is 24.5 Å². The van der Waals surface area contributed by atoms with Gasteiger partial charge in [-0.2, -0.15) is 0 Å². The summed E-state index contributed by atoms with van der Waals surface area (Å²) in [4.78, 5) is 46.5. The highest BCUT2D eigenvalue weighted by Gasteiger charge is 2.48. The van der Waals surface area contributed by atoms with Crippen LogP contribution in [0.2, 0.25) is 0 Å². The lowest BCUT2D eigenvalue weighted by atomic mass is 9.94. The fourth-order valence-electron chi connectivity index (χ4n) is 6.15. The molecule has 3 aromatic rings. The molecule has 13 heteroatoms. The normalized spacial score (nSPS) is 22.8. The highest BCUT2D eigenvalue weighted by atomic mass is 32.2. The number of nitrogens with one attached hydrogen (secondary N) is 2. The first-order valence-electron chi connectivity index (χ1n) is 14.0. The number of aliphatic carboxylic acids is 1. The minimum absolute atomic E-state index is 0.0480. The molecule has 43 heavy (non-hydrogen) atoms. The number of furan rings is 1. The Morgan fingerprint density at radius 1 is 1.28 bits per heavy atom. The van der Waals surface area contributed by atoms with Crippen molar-refractivity contribution in [3.8, 4) is 22.8 Å². The van der Waals surface area contributed by atoms with E-state index in [-0.39, 0.29) is 24.1 Å². The van der Waals surface area contributed by atoms with E-state index in [4.69, 9.17) is 26.1 Å². The number of rotatable bonds is 11. The lowest BCUT2D eigenvalue weighted by Gasteiger charge is -2.30. The molecule has 11 nitrogen and oxygen atoms in total. The Labute approximate surface area is 257 Å². The number of aromatic amines is 1. The van der Waals surface area contributed by atoms with Gasteiger partial charge in [-0.1, -0.05) is 30.4 Å². The molecule has 2 amide bonds. The molecule has 3 heterocycles. The van der Waals surface area contributed by atoms with Crippen molar-refractivity contribution in [1.82, 2.24) is 20.2 Å². The maximum Gasteiger partial charge on any atom is 0.326 e. The monoisotopic (exact) mass is 622 g/mol.